The third-order valence-electron chi connectivity index (χ3n) is 2.79. The number of anilines is 2. The number of aromatic nitrogens is 2. The van der Waals surface area contributed by atoms with E-state index in [9.17, 15) is 0 Å². The molecule has 1 heterocycles. The molecule has 0 aliphatic heterocycles. The zero-order valence-corrected chi connectivity index (χ0v) is 11.9. The molecule has 0 saturated carbocycles. The van der Waals surface area contributed by atoms with Gasteiger partial charge in [0.2, 0.25) is 0 Å². The Hall–Kier alpha value is -1.36. The Morgan fingerprint density at radius 1 is 1.28 bits per heavy atom. The second-order valence-corrected chi connectivity index (χ2v) is 5.04. The number of nitrogen functional groups attached to an aromatic ring is 1. The summed E-state index contributed by atoms with van der Waals surface area (Å²) < 4.78 is 5.11. The molecule has 102 valence electrons. The van der Waals surface area contributed by atoms with Gasteiger partial charge in [-0.3, -0.25) is 0 Å². The maximum atomic E-state index is 5.91. The topological polar surface area (TPSA) is 73.1 Å². The summed E-state index contributed by atoms with van der Waals surface area (Å²) in [5, 5.41) is 3.32. The molecule has 3 N–H and O–H groups in total. The van der Waals surface area contributed by atoms with Crippen LogP contribution in [0, 0.1) is 12.8 Å². The monoisotopic (exact) mass is 252 g/mol. The molecule has 0 aromatic carbocycles. The van der Waals surface area contributed by atoms with Crippen LogP contribution in [0.3, 0.4) is 0 Å². The smallest absolute Gasteiger partial charge is 0.135 e. The van der Waals surface area contributed by atoms with Crippen LogP contribution < -0.4 is 11.1 Å². The molecular formula is C13H24N4O. The Morgan fingerprint density at radius 3 is 2.50 bits per heavy atom. The van der Waals surface area contributed by atoms with E-state index in [1.165, 1.54) is 0 Å². The molecule has 0 aliphatic carbocycles. The lowest BCUT2D eigenvalue weighted by Crippen LogP contribution is -2.18. The van der Waals surface area contributed by atoms with Crippen LogP contribution in [0.25, 0.3) is 0 Å². The quantitative estimate of drug-likeness (QED) is 0.812. The highest BCUT2D eigenvalue weighted by Gasteiger charge is 2.11. The Balaban J connectivity index is 2.81. The fourth-order valence-electron chi connectivity index (χ4n) is 1.60. The Kier molecular flexibility index (Phi) is 5.34. The lowest BCUT2D eigenvalue weighted by atomic mass is 10.2. The van der Waals surface area contributed by atoms with Crippen molar-refractivity contribution in [3.63, 3.8) is 0 Å². The van der Waals surface area contributed by atoms with E-state index in [1.54, 1.807) is 7.11 Å². The Labute approximate surface area is 109 Å². The van der Waals surface area contributed by atoms with E-state index in [0.29, 0.717) is 11.7 Å². The van der Waals surface area contributed by atoms with E-state index in [1.807, 2.05) is 6.92 Å². The van der Waals surface area contributed by atoms with Crippen molar-refractivity contribution >= 4 is 11.6 Å². The number of rotatable bonds is 6. The molecule has 0 saturated heterocycles. The van der Waals surface area contributed by atoms with Crippen molar-refractivity contribution in [2.75, 3.05) is 31.3 Å². The summed E-state index contributed by atoms with van der Waals surface area (Å²) in [5.74, 6) is 2.85. The van der Waals surface area contributed by atoms with Gasteiger partial charge in [0.05, 0.1) is 6.61 Å². The fourth-order valence-corrected chi connectivity index (χ4v) is 1.60. The van der Waals surface area contributed by atoms with Crippen LogP contribution in [-0.4, -0.2) is 30.2 Å². The number of nitrogens with zero attached hydrogens (tertiary/aromatic N) is 2. The van der Waals surface area contributed by atoms with Gasteiger partial charge in [0, 0.05) is 25.1 Å². The van der Waals surface area contributed by atoms with E-state index in [2.05, 4.69) is 36.1 Å². The van der Waals surface area contributed by atoms with Gasteiger partial charge in [0.25, 0.3) is 0 Å². The predicted octanol–water partition coefficient (Wildman–Crippen LogP) is 2.19. The predicted molar refractivity (Wildman–Crippen MR) is 74.8 cm³/mol. The minimum Gasteiger partial charge on any atom is -0.384 e. The summed E-state index contributed by atoms with van der Waals surface area (Å²) in [6.07, 6.45) is 0. The minimum atomic E-state index is 0.268. The third kappa shape index (κ3) is 3.84. The summed E-state index contributed by atoms with van der Waals surface area (Å²) in [7, 11) is 1.71. The average Bonchev–Trinajstić information content (AvgIpc) is 2.31. The normalized spacial score (nSPS) is 12.8. The molecule has 0 amide bonds. The number of nitrogens with one attached hydrogen (secondary N) is 1. The molecule has 0 radical (unpaired) electrons. The van der Waals surface area contributed by atoms with E-state index in [-0.39, 0.29) is 5.92 Å². The first kappa shape index (κ1) is 14.7. The first-order valence-electron chi connectivity index (χ1n) is 6.32. The first-order chi connectivity index (χ1) is 8.45. The molecule has 1 unspecified atom stereocenters. The zero-order valence-electron chi connectivity index (χ0n) is 11.9. The molecule has 5 nitrogen and oxygen atoms in total. The highest BCUT2D eigenvalue weighted by atomic mass is 16.5. The second kappa shape index (κ2) is 6.54. The van der Waals surface area contributed by atoms with Crippen LogP contribution >= 0.6 is 0 Å². The highest BCUT2D eigenvalue weighted by Crippen LogP contribution is 2.21. The SMILES string of the molecule is COCC(C)CNc1nc(C(C)C)nc(N)c1C. The highest BCUT2D eigenvalue weighted by molar-refractivity contribution is 5.54. The van der Waals surface area contributed by atoms with E-state index >= 15 is 0 Å². The van der Waals surface area contributed by atoms with Crippen molar-refractivity contribution in [1.29, 1.82) is 0 Å². The van der Waals surface area contributed by atoms with E-state index in [0.717, 1.165) is 30.4 Å². The van der Waals surface area contributed by atoms with Crippen LogP contribution in [0.5, 0.6) is 0 Å². The maximum absolute atomic E-state index is 5.91. The Morgan fingerprint density at radius 2 is 1.94 bits per heavy atom. The van der Waals surface area contributed by atoms with E-state index < -0.39 is 0 Å². The summed E-state index contributed by atoms with van der Waals surface area (Å²) in [6.45, 7) is 9.71. The molecule has 1 aromatic heterocycles. The molecule has 0 fully saturated rings. The molecule has 0 bridgehead atoms. The molecule has 0 spiro atoms. The van der Waals surface area contributed by atoms with Crippen LogP contribution in [0.1, 0.15) is 38.1 Å². The van der Waals surface area contributed by atoms with E-state index in [4.69, 9.17) is 10.5 Å². The van der Waals surface area contributed by atoms with Gasteiger partial charge < -0.3 is 15.8 Å². The number of hydrogen-bond donors (Lipinski definition) is 2. The van der Waals surface area contributed by atoms with Crippen LogP contribution in [0.15, 0.2) is 0 Å². The summed E-state index contributed by atoms with van der Waals surface area (Å²) in [4.78, 5) is 8.82. The first-order valence-corrected chi connectivity index (χ1v) is 6.32. The lowest BCUT2D eigenvalue weighted by molar-refractivity contribution is 0.164. The minimum absolute atomic E-state index is 0.268. The van der Waals surface area contributed by atoms with Crippen molar-refractivity contribution in [3.05, 3.63) is 11.4 Å². The molecule has 1 atom stereocenters. The van der Waals surface area contributed by atoms with Crippen molar-refractivity contribution in [2.45, 2.75) is 33.6 Å². The largest absolute Gasteiger partial charge is 0.384 e. The van der Waals surface area contributed by atoms with Gasteiger partial charge >= 0.3 is 0 Å². The van der Waals surface area contributed by atoms with Crippen molar-refractivity contribution in [2.24, 2.45) is 5.92 Å². The third-order valence-corrected chi connectivity index (χ3v) is 2.79. The van der Waals surface area contributed by atoms with Crippen LogP contribution in [0.4, 0.5) is 11.6 Å². The van der Waals surface area contributed by atoms with Gasteiger partial charge in [0.1, 0.15) is 17.5 Å². The molecule has 5 heteroatoms. The standard InChI is InChI=1S/C13H24N4O/c1-8(2)12-16-11(14)10(4)13(17-12)15-6-9(3)7-18-5/h8-9H,6-7H2,1-5H3,(H3,14,15,16,17). The van der Waals surface area contributed by atoms with Crippen LogP contribution in [-0.2, 0) is 4.74 Å². The maximum Gasteiger partial charge on any atom is 0.135 e. The lowest BCUT2D eigenvalue weighted by Gasteiger charge is -2.16. The Bertz CT molecular complexity index is 393. The van der Waals surface area contributed by atoms with Gasteiger partial charge in [-0.2, -0.15) is 0 Å². The molecule has 1 rings (SSSR count). The van der Waals surface area contributed by atoms with Gasteiger partial charge in [-0.1, -0.05) is 20.8 Å². The van der Waals surface area contributed by atoms with Gasteiger partial charge in [-0.25, -0.2) is 9.97 Å². The number of methoxy groups -OCH3 is 1. The summed E-state index contributed by atoms with van der Waals surface area (Å²) >= 11 is 0. The molecule has 1 aromatic rings. The molecule has 18 heavy (non-hydrogen) atoms. The number of nitrogens with two attached hydrogens (primary N) is 1. The summed E-state index contributed by atoms with van der Waals surface area (Å²) in [6, 6.07) is 0. The number of hydrogen-bond acceptors (Lipinski definition) is 5. The van der Waals surface area contributed by atoms with Crippen molar-refractivity contribution in [1.82, 2.24) is 9.97 Å². The molecular weight excluding hydrogens is 228 g/mol. The fraction of sp³-hybridized carbons (Fsp3) is 0.692. The second-order valence-electron chi connectivity index (χ2n) is 5.04. The van der Waals surface area contributed by atoms with Gasteiger partial charge in [-0.05, 0) is 12.8 Å². The van der Waals surface area contributed by atoms with Crippen LogP contribution in [0.2, 0.25) is 0 Å². The molecule has 0 aliphatic rings. The van der Waals surface area contributed by atoms with Crippen molar-refractivity contribution in [3.8, 4) is 0 Å². The number of ether oxygens (including phenoxy) is 1. The summed E-state index contributed by atoms with van der Waals surface area (Å²) in [5.41, 5.74) is 6.81. The van der Waals surface area contributed by atoms with Crippen molar-refractivity contribution < 1.29 is 4.74 Å². The zero-order chi connectivity index (χ0) is 13.7. The van der Waals surface area contributed by atoms with Gasteiger partial charge in [0.15, 0.2) is 0 Å². The van der Waals surface area contributed by atoms with Gasteiger partial charge in [-0.15, -0.1) is 0 Å². The average molecular weight is 252 g/mol.